The summed E-state index contributed by atoms with van der Waals surface area (Å²) in [6.07, 6.45) is 0.442. The number of benzene rings is 1. The summed E-state index contributed by atoms with van der Waals surface area (Å²) in [4.78, 5) is 21.6. The Bertz CT molecular complexity index is 535. The molecule has 0 bridgehead atoms. The third kappa shape index (κ3) is 4.33. The molecule has 0 aromatic heterocycles. The first-order valence-electron chi connectivity index (χ1n) is 6.50. The van der Waals surface area contributed by atoms with Crippen LogP contribution >= 0.6 is 0 Å². The van der Waals surface area contributed by atoms with Crippen LogP contribution in [0.4, 0.5) is 5.69 Å². The van der Waals surface area contributed by atoms with E-state index in [1.54, 1.807) is 26.8 Å². The number of aryl methyl sites for hydroxylation is 2. The van der Waals surface area contributed by atoms with Crippen LogP contribution in [0, 0.1) is 29.4 Å². The summed E-state index contributed by atoms with van der Waals surface area (Å²) >= 11 is 0. The van der Waals surface area contributed by atoms with E-state index >= 15 is 0 Å². The van der Waals surface area contributed by atoms with Gasteiger partial charge >= 0.3 is 0 Å². The van der Waals surface area contributed by atoms with Crippen molar-refractivity contribution in [2.75, 3.05) is 6.61 Å². The zero-order valence-corrected chi connectivity index (χ0v) is 12.6. The predicted octanol–water partition coefficient (Wildman–Crippen LogP) is 3.60. The average Bonchev–Trinajstić information content (AvgIpc) is 2.27. The number of nitro groups is 1. The van der Waals surface area contributed by atoms with Gasteiger partial charge in [-0.2, -0.15) is 0 Å². The molecule has 0 aliphatic heterocycles. The van der Waals surface area contributed by atoms with Gasteiger partial charge in [0.1, 0.15) is 11.5 Å². The smallest absolute Gasteiger partial charge is 0.272 e. The molecule has 0 unspecified atom stereocenters. The Morgan fingerprint density at radius 3 is 2.40 bits per heavy atom. The summed E-state index contributed by atoms with van der Waals surface area (Å²) in [5.74, 6) is 0.750. The van der Waals surface area contributed by atoms with Gasteiger partial charge < -0.3 is 9.53 Å². The Morgan fingerprint density at radius 1 is 1.30 bits per heavy atom. The number of hydrogen-bond acceptors (Lipinski definition) is 4. The van der Waals surface area contributed by atoms with Gasteiger partial charge in [-0.15, -0.1) is 0 Å². The van der Waals surface area contributed by atoms with Gasteiger partial charge in [0.25, 0.3) is 5.69 Å². The second kappa shape index (κ2) is 6.03. The number of rotatable bonds is 6. The highest BCUT2D eigenvalue weighted by molar-refractivity contribution is 5.76. The van der Waals surface area contributed by atoms with Crippen LogP contribution in [-0.4, -0.2) is 17.3 Å². The minimum Gasteiger partial charge on any atom is -0.493 e. The fourth-order valence-electron chi connectivity index (χ4n) is 2.12. The van der Waals surface area contributed by atoms with Crippen LogP contribution in [0.1, 0.15) is 38.3 Å². The zero-order valence-electron chi connectivity index (χ0n) is 12.6. The molecule has 0 radical (unpaired) electrons. The van der Waals surface area contributed by atoms with E-state index in [-0.39, 0.29) is 16.9 Å². The van der Waals surface area contributed by atoms with E-state index in [0.717, 1.165) is 5.56 Å². The number of hydrogen-bond donors (Lipinski definition) is 0. The van der Waals surface area contributed by atoms with Crippen LogP contribution in [-0.2, 0) is 4.79 Å². The standard InChI is InChI=1S/C15H21NO4/c1-10-7-14(11(2)6-13(10)16(18)19)20-9-15(4,5)8-12(3)17/h6-7H,8-9H2,1-5H3. The van der Waals surface area contributed by atoms with E-state index in [0.29, 0.717) is 24.3 Å². The van der Waals surface area contributed by atoms with Crippen molar-refractivity contribution in [1.82, 2.24) is 0 Å². The molecular formula is C15H21NO4. The SMILES string of the molecule is CC(=O)CC(C)(C)COc1cc(C)c([N+](=O)[O-])cc1C. The Hall–Kier alpha value is -1.91. The number of carbonyl (C=O) groups is 1. The number of ether oxygens (including phenoxy) is 1. The monoisotopic (exact) mass is 279 g/mol. The lowest BCUT2D eigenvalue weighted by Gasteiger charge is -2.24. The lowest BCUT2D eigenvalue weighted by Crippen LogP contribution is -2.24. The Balaban J connectivity index is 2.86. The first-order chi connectivity index (χ1) is 9.12. The van der Waals surface area contributed by atoms with Crippen molar-refractivity contribution >= 4 is 11.5 Å². The quantitative estimate of drug-likeness (QED) is 0.589. The fraction of sp³-hybridized carbons (Fsp3) is 0.533. The van der Waals surface area contributed by atoms with E-state index in [2.05, 4.69) is 0 Å². The van der Waals surface area contributed by atoms with Gasteiger partial charge in [0.15, 0.2) is 0 Å². The minimum atomic E-state index is -0.397. The van der Waals surface area contributed by atoms with E-state index < -0.39 is 4.92 Å². The lowest BCUT2D eigenvalue weighted by atomic mass is 9.89. The molecule has 0 N–H and O–H groups in total. The molecule has 1 rings (SSSR count). The summed E-state index contributed by atoms with van der Waals surface area (Å²) in [6, 6.07) is 3.19. The zero-order chi connectivity index (χ0) is 15.5. The molecule has 0 spiro atoms. The van der Waals surface area contributed by atoms with Crippen molar-refractivity contribution in [2.24, 2.45) is 5.41 Å². The summed E-state index contributed by atoms with van der Waals surface area (Å²) in [5.41, 5.74) is 1.13. The van der Waals surface area contributed by atoms with Crippen molar-refractivity contribution in [2.45, 2.75) is 41.0 Å². The largest absolute Gasteiger partial charge is 0.493 e. The maximum atomic E-state index is 11.2. The van der Waals surface area contributed by atoms with Gasteiger partial charge in [0, 0.05) is 23.5 Å². The molecule has 0 amide bonds. The van der Waals surface area contributed by atoms with Gasteiger partial charge in [0.05, 0.1) is 11.5 Å². The van der Waals surface area contributed by atoms with E-state index in [1.165, 1.54) is 6.07 Å². The molecule has 0 aliphatic rings. The highest BCUT2D eigenvalue weighted by Gasteiger charge is 2.22. The van der Waals surface area contributed by atoms with E-state index in [1.807, 2.05) is 13.8 Å². The van der Waals surface area contributed by atoms with Crippen LogP contribution in [0.15, 0.2) is 12.1 Å². The number of Topliss-reactive ketones (excluding diaryl/α,β-unsaturated/α-hetero) is 1. The Kier molecular flexibility index (Phi) is 4.87. The molecule has 20 heavy (non-hydrogen) atoms. The molecule has 0 heterocycles. The summed E-state index contributed by atoms with van der Waals surface area (Å²) in [6.45, 7) is 9.34. The van der Waals surface area contributed by atoms with Crippen molar-refractivity contribution in [3.63, 3.8) is 0 Å². The van der Waals surface area contributed by atoms with E-state index in [4.69, 9.17) is 4.74 Å². The Morgan fingerprint density at radius 2 is 1.90 bits per heavy atom. The maximum Gasteiger partial charge on any atom is 0.272 e. The molecule has 5 nitrogen and oxygen atoms in total. The number of carbonyl (C=O) groups excluding carboxylic acids is 1. The van der Waals surface area contributed by atoms with Crippen molar-refractivity contribution in [3.05, 3.63) is 33.4 Å². The summed E-state index contributed by atoms with van der Waals surface area (Å²) < 4.78 is 5.74. The van der Waals surface area contributed by atoms with E-state index in [9.17, 15) is 14.9 Å². The normalized spacial score (nSPS) is 11.2. The fourth-order valence-corrected chi connectivity index (χ4v) is 2.12. The highest BCUT2D eigenvalue weighted by Crippen LogP contribution is 2.29. The van der Waals surface area contributed by atoms with Gasteiger partial charge in [0.2, 0.25) is 0 Å². The predicted molar refractivity (Wildman–Crippen MR) is 77.1 cm³/mol. The molecule has 1 aromatic rings. The molecule has 110 valence electrons. The van der Waals surface area contributed by atoms with Gasteiger partial charge in [-0.1, -0.05) is 13.8 Å². The molecule has 0 saturated carbocycles. The molecule has 0 atom stereocenters. The van der Waals surface area contributed by atoms with Crippen molar-refractivity contribution in [1.29, 1.82) is 0 Å². The third-order valence-corrected chi connectivity index (χ3v) is 3.04. The first kappa shape index (κ1) is 16.1. The molecule has 0 aliphatic carbocycles. The van der Waals surface area contributed by atoms with Crippen molar-refractivity contribution < 1.29 is 14.5 Å². The second-order valence-corrected chi connectivity index (χ2v) is 5.99. The van der Waals surface area contributed by atoms with Gasteiger partial charge in [-0.25, -0.2) is 0 Å². The van der Waals surface area contributed by atoms with Gasteiger partial charge in [-0.05, 0) is 32.4 Å². The topological polar surface area (TPSA) is 69.4 Å². The first-order valence-corrected chi connectivity index (χ1v) is 6.50. The maximum absolute atomic E-state index is 11.2. The molecular weight excluding hydrogens is 258 g/mol. The van der Waals surface area contributed by atoms with Crippen LogP contribution in [0.3, 0.4) is 0 Å². The molecule has 0 saturated heterocycles. The molecule has 0 fully saturated rings. The Labute approximate surface area is 119 Å². The van der Waals surface area contributed by atoms with Crippen molar-refractivity contribution in [3.8, 4) is 5.75 Å². The summed E-state index contributed by atoms with van der Waals surface area (Å²) in [5, 5.41) is 10.9. The second-order valence-electron chi connectivity index (χ2n) is 5.99. The highest BCUT2D eigenvalue weighted by atomic mass is 16.6. The third-order valence-electron chi connectivity index (χ3n) is 3.04. The average molecular weight is 279 g/mol. The lowest BCUT2D eigenvalue weighted by molar-refractivity contribution is -0.385. The van der Waals surface area contributed by atoms with Crippen LogP contribution in [0.2, 0.25) is 0 Å². The summed E-state index contributed by atoms with van der Waals surface area (Å²) in [7, 11) is 0. The number of nitro benzene ring substituents is 1. The van der Waals surface area contributed by atoms with Crippen LogP contribution in [0.5, 0.6) is 5.75 Å². The van der Waals surface area contributed by atoms with Crippen LogP contribution in [0.25, 0.3) is 0 Å². The molecule has 5 heteroatoms. The minimum absolute atomic E-state index is 0.0952. The van der Waals surface area contributed by atoms with Crippen LogP contribution < -0.4 is 4.74 Å². The number of nitrogens with zero attached hydrogens (tertiary/aromatic N) is 1. The molecule has 1 aromatic carbocycles. The number of ketones is 1. The van der Waals surface area contributed by atoms with Gasteiger partial charge in [-0.3, -0.25) is 10.1 Å².